The number of nitrogens with one attached hydrogen (secondary N) is 5. The summed E-state index contributed by atoms with van der Waals surface area (Å²) in [5.41, 5.74) is 0. The number of hydrogen-bond donors (Lipinski definition) is 9. The van der Waals surface area contributed by atoms with Crippen molar-refractivity contribution in [2.45, 2.75) is 179 Å². The van der Waals surface area contributed by atoms with Crippen molar-refractivity contribution in [2.75, 3.05) is 39.5 Å². The summed E-state index contributed by atoms with van der Waals surface area (Å²) < 4.78 is 10.5. The molecule has 362 valence electrons. The first-order chi connectivity index (χ1) is 30.2. The van der Waals surface area contributed by atoms with E-state index < -0.39 is 72.8 Å². The molecule has 0 saturated carbocycles. The van der Waals surface area contributed by atoms with Crippen LogP contribution in [0.5, 0.6) is 0 Å². The number of ether oxygens (including phenoxy) is 2. The molecule has 0 aliphatic heterocycles. The smallest absolute Gasteiger partial charge is 0.326 e. The van der Waals surface area contributed by atoms with Gasteiger partial charge in [0, 0.05) is 45.2 Å². The molecule has 0 aromatic heterocycles. The molecule has 0 bridgehead atoms. The molecule has 5 amide bonds. The van der Waals surface area contributed by atoms with E-state index in [2.05, 4.69) is 26.6 Å². The largest absolute Gasteiger partial charge is 0.481 e. The van der Waals surface area contributed by atoms with E-state index in [-0.39, 0.29) is 83.1 Å². The molecule has 63 heavy (non-hydrogen) atoms. The first kappa shape index (κ1) is 58.1. The molecule has 9 N–H and O–H groups in total. The number of rotatable bonds is 43. The van der Waals surface area contributed by atoms with Gasteiger partial charge in [-0.3, -0.25) is 28.8 Å². The number of carbonyl (C=O) groups is 9. The van der Waals surface area contributed by atoms with Gasteiger partial charge in [-0.1, -0.05) is 90.4 Å². The van der Waals surface area contributed by atoms with Gasteiger partial charge < -0.3 is 56.5 Å². The van der Waals surface area contributed by atoms with Gasteiger partial charge in [0.25, 0.3) is 0 Å². The Morgan fingerprint density at radius 3 is 1.19 bits per heavy atom. The van der Waals surface area contributed by atoms with Crippen molar-refractivity contribution in [2.24, 2.45) is 0 Å². The molecule has 0 aliphatic carbocycles. The van der Waals surface area contributed by atoms with Crippen molar-refractivity contribution < 1.29 is 73.1 Å². The Labute approximate surface area is 371 Å². The molecule has 1 unspecified atom stereocenters. The molecular formula is C43H75N5O15. The highest BCUT2D eigenvalue weighted by Gasteiger charge is 2.25. The third-order valence-electron chi connectivity index (χ3n) is 9.95. The molecule has 0 saturated heterocycles. The number of unbranched alkanes of at least 4 members (excludes halogenated alkanes) is 14. The summed E-state index contributed by atoms with van der Waals surface area (Å²) in [6.45, 7) is 2.08. The van der Waals surface area contributed by atoms with E-state index in [0.29, 0.717) is 13.0 Å². The van der Waals surface area contributed by atoms with Gasteiger partial charge in [-0.25, -0.2) is 14.4 Å². The van der Waals surface area contributed by atoms with E-state index in [1.165, 1.54) is 32.1 Å². The summed E-state index contributed by atoms with van der Waals surface area (Å²) in [5.74, 6) is -7.39. The first-order valence-corrected chi connectivity index (χ1v) is 22.6. The Morgan fingerprint density at radius 2 is 0.762 bits per heavy atom. The maximum absolute atomic E-state index is 12.3. The topological polar surface area (TPSA) is 313 Å². The molecule has 0 spiro atoms. The zero-order valence-electron chi connectivity index (χ0n) is 37.2. The Balaban J connectivity index is 4.06. The average molecular weight is 902 g/mol. The van der Waals surface area contributed by atoms with Crippen LogP contribution in [-0.4, -0.2) is 131 Å². The van der Waals surface area contributed by atoms with E-state index in [1.54, 1.807) is 0 Å². The van der Waals surface area contributed by atoms with Crippen LogP contribution in [0.15, 0.2) is 0 Å². The average Bonchev–Trinajstić information content (AvgIpc) is 3.22. The highest BCUT2D eigenvalue weighted by molar-refractivity contribution is 5.87. The van der Waals surface area contributed by atoms with Gasteiger partial charge >= 0.3 is 23.9 Å². The van der Waals surface area contributed by atoms with E-state index in [9.17, 15) is 58.5 Å². The van der Waals surface area contributed by atoms with Crippen LogP contribution in [0.4, 0.5) is 0 Å². The van der Waals surface area contributed by atoms with Crippen molar-refractivity contribution in [3.8, 4) is 0 Å². The minimum absolute atomic E-state index is 0.0335. The molecule has 3 atom stereocenters. The highest BCUT2D eigenvalue weighted by atomic mass is 16.5. The molecule has 20 nitrogen and oxygen atoms in total. The number of hydrogen-bond acceptors (Lipinski definition) is 11. The number of carboxylic acids is 4. The van der Waals surface area contributed by atoms with Gasteiger partial charge in [0.15, 0.2) is 0 Å². The lowest BCUT2D eigenvalue weighted by Gasteiger charge is -2.17. The zero-order chi connectivity index (χ0) is 47.1. The van der Waals surface area contributed by atoms with Crippen molar-refractivity contribution in [1.82, 2.24) is 26.6 Å². The van der Waals surface area contributed by atoms with Gasteiger partial charge in [-0.15, -0.1) is 0 Å². The number of carbonyl (C=O) groups excluding carboxylic acids is 5. The number of amides is 5. The van der Waals surface area contributed by atoms with Crippen LogP contribution in [-0.2, 0) is 52.6 Å². The Bertz CT molecular complexity index is 1370. The lowest BCUT2D eigenvalue weighted by atomic mass is 10.0. The fourth-order valence-electron chi connectivity index (χ4n) is 6.28. The Hall–Kier alpha value is -4.85. The fraction of sp³-hybridized carbons (Fsp3) is 0.791. The van der Waals surface area contributed by atoms with E-state index >= 15 is 0 Å². The van der Waals surface area contributed by atoms with E-state index in [4.69, 9.17) is 14.6 Å². The summed E-state index contributed by atoms with van der Waals surface area (Å²) in [4.78, 5) is 106. The van der Waals surface area contributed by atoms with Crippen molar-refractivity contribution in [1.29, 1.82) is 0 Å². The number of carboxylic acid groups (broad SMARTS) is 4. The molecule has 0 aromatic rings. The van der Waals surface area contributed by atoms with Gasteiger partial charge in [0.2, 0.25) is 29.5 Å². The zero-order valence-corrected chi connectivity index (χ0v) is 37.2. The van der Waals surface area contributed by atoms with Crippen LogP contribution in [0, 0.1) is 0 Å². The van der Waals surface area contributed by atoms with Gasteiger partial charge in [-0.2, -0.15) is 0 Å². The van der Waals surface area contributed by atoms with Crippen LogP contribution < -0.4 is 26.6 Å². The third kappa shape index (κ3) is 36.4. The number of aliphatic carboxylic acids is 4. The van der Waals surface area contributed by atoms with Crippen LogP contribution in [0.1, 0.15) is 161 Å². The minimum Gasteiger partial charge on any atom is -0.481 e. The van der Waals surface area contributed by atoms with Crippen LogP contribution >= 0.6 is 0 Å². The van der Waals surface area contributed by atoms with Crippen molar-refractivity contribution >= 4 is 53.4 Å². The second kappa shape index (κ2) is 38.8. The fourth-order valence-corrected chi connectivity index (χ4v) is 6.28. The molecule has 0 heterocycles. The van der Waals surface area contributed by atoms with Crippen LogP contribution in [0.25, 0.3) is 0 Å². The summed E-state index contributed by atoms with van der Waals surface area (Å²) >= 11 is 0. The monoisotopic (exact) mass is 902 g/mol. The summed E-state index contributed by atoms with van der Waals surface area (Å²) in [5, 5.41) is 49.3. The molecule has 0 rings (SSSR count). The van der Waals surface area contributed by atoms with Crippen molar-refractivity contribution in [3.63, 3.8) is 0 Å². The maximum Gasteiger partial charge on any atom is 0.326 e. The summed E-state index contributed by atoms with van der Waals surface area (Å²) in [7, 11) is 0. The summed E-state index contributed by atoms with van der Waals surface area (Å²) in [6, 6.07) is -4.00. The predicted octanol–water partition coefficient (Wildman–Crippen LogP) is 3.43. The maximum atomic E-state index is 12.3. The van der Waals surface area contributed by atoms with Gasteiger partial charge in [-0.05, 0) is 38.5 Å². The second-order valence-electron chi connectivity index (χ2n) is 15.6. The van der Waals surface area contributed by atoms with E-state index in [0.717, 1.165) is 64.2 Å². The third-order valence-corrected chi connectivity index (χ3v) is 9.95. The normalized spacial score (nSPS) is 12.3. The predicted molar refractivity (Wildman–Crippen MR) is 230 cm³/mol. The van der Waals surface area contributed by atoms with Gasteiger partial charge in [0.1, 0.15) is 24.7 Å². The van der Waals surface area contributed by atoms with E-state index in [1.807, 2.05) is 6.92 Å². The van der Waals surface area contributed by atoms with Gasteiger partial charge in [0.05, 0.1) is 19.8 Å². The first-order valence-electron chi connectivity index (χ1n) is 22.6. The molecule has 0 aromatic carbocycles. The molecule has 0 aliphatic rings. The Kier molecular flexibility index (Phi) is 35.8. The minimum atomic E-state index is -1.45. The van der Waals surface area contributed by atoms with Crippen molar-refractivity contribution in [3.05, 3.63) is 0 Å². The summed E-state index contributed by atoms with van der Waals surface area (Å²) in [6.07, 6.45) is 15.6. The SMILES string of the molecule is CCCCNC(=O)CC[C@H](NC(=O)CC[C@H](NC(=O)COCCOCCNC(=O)CCC(NC(=O)CCCCCCCCCCCCCCCCC(=O)O)C(=O)O)C(=O)O)C(=O)O. The quantitative estimate of drug-likeness (QED) is 0.0396. The Morgan fingerprint density at radius 1 is 0.397 bits per heavy atom. The molecule has 0 fully saturated rings. The lowest BCUT2D eigenvalue weighted by Crippen LogP contribution is -2.45. The van der Waals surface area contributed by atoms with Crippen LogP contribution in [0.3, 0.4) is 0 Å². The highest BCUT2D eigenvalue weighted by Crippen LogP contribution is 2.14. The standard InChI is InChI=1S/C43H75N5O15/c1-2-3-26-44-35(49)23-20-33(42(58)59)47-38(52)25-22-34(43(60)61)48-39(53)31-63-30-29-62-28-27-45-36(50)24-21-32(41(56)57)46-37(51)18-16-14-12-10-8-6-4-5-7-9-11-13-15-17-19-40(54)55/h32-34H,2-31H2,1H3,(H,44,49)(H,45,50)(H,46,51)(H,47,52)(H,48,53)(H,54,55)(H,56,57)(H,58,59)(H,60,61)/t32?,33-,34-/m0/s1. The molecule has 0 radical (unpaired) electrons. The van der Waals surface area contributed by atoms with Crippen LogP contribution in [0.2, 0.25) is 0 Å². The molecular weight excluding hydrogens is 826 g/mol. The lowest BCUT2D eigenvalue weighted by molar-refractivity contribution is -0.144. The molecule has 20 heteroatoms. The second-order valence-corrected chi connectivity index (χ2v) is 15.6.